The third kappa shape index (κ3) is 4.63. The van der Waals surface area contributed by atoms with Crippen molar-refractivity contribution >= 4 is 11.9 Å². The van der Waals surface area contributed by atoms with Crippen molar-refractivity contribution in [2.75, 3.05) is 45.8 Å². The fraction of sp³-hybridized carbons (Fsp3) is 0.556. The van der Waals surface area contributed by atoms with Gasteiger partial charge in [0.05, 0.1) is 13.1 Å². The van der Waals surface area contributed by atoms with Gasteiger partial charge in [-0.1, -0.05) is 18.2 Å². The highest BCUT2D eigenvalue weighted by molar-refractivity contribution is 5.78. The number of likely N-dealkylation sites (N-methyl/N-ethyl adjacent to an activating group) is 1. The summed E-state index contributed by atoms with van der Waals surface area (Å²) in [5.74, 6) is 0.957. The number of nitrogens with zero attached hydrogens (tertiary/aromatic N) is 2. The number of carbonyl (C=O) groups excluding carboxylic acids is 2. The number of nitrogens with one attached hydrogen (secondary N) is 2. The second kappa shape index (κ2) is 8.20. The molecule has 7 heteroatoms. The van der Waals surface area contributed by atoms with Crippen LogP contribution in [0.15, 0.2) is 24.3 Å². The SMILES string of the molecule is CCNC(=O)CN1CCN(C(=O)NC[C@@H]2Cc3ccccc3O2)CC1. The van der Waals surface area contributed by atoms with Gasteiger partial charge in [-0.2, -0.15) is 0 Å². The van der Waals surface area contributed by atoms with Crippen molar-refractivity contribution in [3.05, 3.63) is 29.8 Å². The maximum absolute atomic E-state index is 12.3. The molecule has 0 bridgehead atoms. The van der Waals surface area contributed by atoms with Crippen LogP contribution in [-0.2, 0) is 11.2 Å². The van der Waals surface area contributed by atoms with E-state index >= 15 is 0 Å². The summed E-state index contributed by atoms with van der Waals surface area (Å²) in [6, 6.07) is 7.93. The van der Waals surface area contributed by atoms with E-state index in [1.807, 2.05) is 25.1 Å². The summed E-state index contributed by atoms with van der Waals surface area (Å²) in [6.07, 6.45) is 0.830. The zero-order chi connectivity index (χ0) is 17.6. The van der Waals surface area contributed by atoms with Crippen LogP contribution in [0.25, 0.3) is 0 Å². The van der Waals surface area contributed by atoms with Gasteiger partial charge in [-0.15, -0.1) is 0 Å². The van der Waals surface area contributed by atoms with Crippen molar-refractivity contribution in [1.82, 2.24) is 20.4 Å². The highest BCUT2D eigenvalue weighted by Gasteiger charge is 2.25. The van der Waals surface area contributed by atoms with E-state index in [1.165, 1.54) is 5.56 Å². The third-order valence-corrected chi connectivity index (χ3v) is 4.60. The van der Waals surface area contributed by atoms with Crippen molar-refractivity contribution in [3.63, 3.8) is 0 Å². The smallest absolute Gasteiger partial charge is 0.317 e. The number of piperazine rings is 1. The number of carbonyl (C=O) groups is 2. The van der Waals surface area contributed by atoms with Gasteiger partial charge in [-0.05, 0) is 18.6 Å². The number of rotatable bonds is 5. The molecule has 3 amide bonds. The number of ether oxygens (including phenoxy) is 1. The summed E-state index contributed by atoms with van der Waals surface area (Å²) in [5.41, 5.74) is 1.20. The molecule has 1 aromatic rings. The first-order valence-electron chi connectivity index (χ1n) is 8.92. The minimum atomic E-state index is -0.0581. The molecule has 0 saturated carbocycles. The van der Waals surface area contributed by atoms with Gasteiger partial charge in [0.2, 0.25) is 5.91 Å². The molecule has 3 rings (SSSR count). The van der Waals surface area contributed by atoms with Crippen molar-refractivity contribution in [3.8, 4) is 5.75 Å². The van der Waals surface area contributed by atoms with Gasteiger partial charge in [0.25, 0.3) is 0 Å². The van der Waals surface area contributed by atoms with Crippen LogP contribution in [-0.4, -0.2) is 73.7 Å². The van der Waals surface area contributed by atoms with E-state index in [9.17, 15) is 9.59 Å². The van der Waals surface area contributed by atoms with Crippen molar-refractivity contribution in [1.29, 1.82) is 0 Å². The average Bonchev–Trinajstić information content (AvgIpc) is 3.03. The molecule has 136 valence electrons. The summed E-state index contributed by atoms with van der Waals surface area (Å²) in [4.78, 5) is 27.8. The lowest BCUT2D eigenvalue weighted by molar-refractivity contribution is -0.122. The number of fused-ring (bicyclic) bond motifs is 1. The van der Waals surface area contributed by atoms with Crippen LogP contribution in [0, 0.1) is 0 Å². The lowest BCUT2D eigenvalue weighted by Crippen LogP contribution is -2.54. The number of benzene rings is 1. The Labute approximate surface area is 148 Å². The van der Waals surface area contributed by atoms with Crippen LogP contribution < -0.4 is 15.4 Å². The quantitative estimate of drug-likeness (QED) is 0.812. The second-order valence-corrected chi connectivity index (χ2v) is 6.45. The van der Waals surface area contributed by atoms with E-state index in [0.29, 0.717) is 32.7 Å². The predicted octanol–water partition coefficient (Wildman–Crippen LogP) is 0.453. The lowest BCUT2D eigenvalue weighted by atomic mass is 10.1. The van der Waals surface area contributed by atoms with E-state index in [2.05, 4.69) is 21.6 Å². The molecule has 0 spiro atoms. The molecule has 7 nitrogen and oxygen atoms in total. The minimum absolute atomic E-state index is 0.000351. The van der Waals surface area contributed by atoms with E-state index in [1.54, 1.807) is 4.90 Å². The molecule has 2 aliphatic rings. The molecule has 1 aromatic carbocycles. The lowest BCUT2D eigenvalue weighted by Gasteiger charge is -2.34. The van der Waals surface area contributed by atoms with Gasteiger partial charge in [0.1, 0.15) is 11.9 Å². The Bertz CT molecular complexity index is 589. The molecule has 0 aromatic heterocycles. The van der Waals surface area contributed by atoms with Crippen molar-refractivity contribution < 1.29 is 14.3 Å². The van der Waals surface area contributed by atoms with Crippen LogP contribution in [0.3, 0.4) is 0 Å². The molecule has 0 unspecified atom stereocenters. The second-order valence-electron chi connectivity index (χ2n) is 6.45. The summed E-state index contributed by atoms with van der Waals surface area (Å²) in [5, 5.41) is 5.77. The summed E-state index contributed by atoms with van der Waals surface area (Å²) >= 11 is 0. The Kier molecular flexibility index (Phi) is 5.75. The van der Waals surface area contributed by atoms with Crippen LogP contribution >= 0.6 is 0 Å². The zero-order valence-corrected chi connectivity index (χ0v) is 14.7. The number of amides is 3. The van der Waals surface area contributed by atoms with Gasteiger partial charge in [0, 0.05) is 39.1 Å². The highest BCUT2D eigenvalue weighted by Crippen LogP contribution is 2.27. The summed E-state index contributed by atoms with van der Waals surface area (Å²) in [7, 11) is 0. The fourth-order valence-corrected chi connectivity index (χ4v) is 3.25. The molecule has 1 atom stereocenters. The number of para-hydroxylation sites is 1. The van der Waals surface area contributed by atoms with E-state index in [4.69, 9.17) is 4.74 Å². The molecule has 0 radical (unpaired) electrons. The van der Waals surface area contributed by atoms with Crippen molar-refractivity contribution in [2.24, 2.45) is 0 Å². The molecule has 2 aliphatic heterocycles. The molecular formula is C18H26N4O3. The maximum Gasteiger partial charge on any atom is 0.317 e. The molecule has 0 aliphatic carbocycles. The monoisotopic (exact) mass is 346 g/mol. The maximum atomic E-state index is 12.3. The molecule has 1 saturated heterocycles. The Balaban J connectivity index is 1.37. The highest BCUT2D eigenvalue weighted by atomic mass is 16.5. The zero-order valence-electron chi connectivity index (χ0n) is 14.7. The van der Waals surface area contributed by atoms with Gasteiger partial charge in [0.15, 0.2) is 0 Å². The average molecular weight is 346 g/mol. The number of hydrogen-bond acceptors (Lipinski definition) is 4. The number of hydrogen-bond donors (Lipinski definition) is 2. The first-order chi connectivity index (χ1) is 12.2. The Morgan fingerprint density at radius 3 is 2.64 bits per heavy atom. The molecular weight excluding hydrogens is 320 g/mol. The first kappa shape index (κ1) is 17.5. The molecule has 1 fully saturated rings. The van der Waals surface area contributed by atoms with E-state index < -0.39 is 0 Å². The van der Waals surface area contributed by atoms with Gasteiger partial charge in [-0.3, -0.25) is 9.69 Å². The van der Waals surface area contributed by atoms with Crippen LogP contribution in [0.4, 0.5) is 4.79 Å². The van der Waals surface area contributed by atoms with Gasteiger partial charge in [-0.25, -0.2) is 4.79 Å². The predicted molar refractivity (Wildman–Crippen MR) is 94.7 cm³/mol. The van der Waals surface area contributed by atoms with Crippen LogP contribution in [0.2, 0.25) is 0 Å². The molecule has 2 N–H and O–H groups in total. The fourth-order valence-electron chi connectivity index (χ4n) is 3.25. The summed E-state index contributed by atoms with van der Waals surface area (Å²) in [6.45, 7) is 6.17. The van der Waals surface area contributed by atoms with Crippen LogP contribution in [0.1, 0.15) is 12.5 Å². The largest absolute Gasteiger partial charge is 0.488 e. The number of urea groups is 1. The molecule has 2 heterocycles. The standard InChI is InChI=1S/C18H26N4O3/c1-2-19-17(23)13-21-7-9-22(10-8-21)18(24)20-12-15-11-14-5-3-4-6-16(14)25-15/h3-6,15H,2,7-13H2,1H3,(H,19,23)(H,20,24)/t15-/m0/s1. The normalized spacial score (nSPS) is 19.9. The van der Waals surface area contributed by atoms with E-state index in [0.717, 1.165) is 25.3 Å². The van der Waals surface area contributed by atoms with Crippen molar-refractivity contribution in [2.45, 2.75) is 19.4 Å². The van der Waals surface area contributed by atoms with Gasteiger partial charge >= 0.3 is 6.03 Å². The summed E-state index contributed by atoms with van der Waals surface area (Å²) < 4.78 is 5.84. The Hall–Kier alpha value is -2.28. The minimum Gasteiger partial charge on any atom is -0.488 e. The Morgan fingerprint density at radius 1 is 1.16 bits per heavy atom. The third-order valence-electron chi connectivity index (χ3n) is 4.60. The Morgan fingerprint density at radius 2 is 1.92 bits per heavy atom. The molecule has 25 heavy (non-hydrogen) atoms. The van der Waals surface area contributed by atoms with Gasteiger partial charge < -0.3 is 20.3 Å². The van der Waals surface area contributed by atoms with E-state index in [-0.39, 0.29) is 18.0 Å². The first-order valence-corrected chi connectivity index (χ1v) is 8.92. The topological polar surface area (TPSA) is 73.9 Å². The van der Waals surface area contributed by atoms with Crippen LogP contribution in [0.5, 0.6) is 5.75 Å².